The fraction of sp³-hybridized carbons (Fsp3) is 0.400. The molecule has 2 aromatic carbocycles. The van der Waals surface area contributed by atoms with Crippen molar-refractivity contribution in [3.8, 4) is 17.2 Å². The van der Waals surface area contributed by atoms with Gasteiger partial charge in [0, 0.05) is 13.1 Å². The molecule has 1 saturated heterocycles. The molecule has 0 saturated carbocycles. The van der Waals surface area contributed by atoms with E-state index in [2.05, 4.69) is 0 Å². The van der Waals surface area contributed by atoms with Crippen LogP contribution in [0.1, 0.15) is 5.56 Å². The largest absolute Gasteiger partial charge is 0.493 e. The van der Waals surface area contributed by atoms with Crippen molar-refractivity contribution < 1.29 is 27.4 Å². The van der Waals surface area contributed by atoms with Crippen molar-refractivity contribution in [2.24, 2.45) is 0 Å². The molecule has 2 aromatic rings. The molecule has 3 rings (SSSR count). The van der Waals surface area contributed by atoms with E-state index in [4.69, 9.17) is 18.9 Å². The van der Waals surface area contributed by atoms with Crippen LogP contribution in [0.25, 0.3) is 0 Å². The molecule has 1 heterocycles. The summed E-state index contributed by atoms with van der Waals surface area (Å²) in [4.78, 5) is 0.252. The van der Waals surface area contributed by atoms with Gasteiger partial charge in [0.2, 0.25) is 10.0 Å². The van der Waals surface area contributed by atoms with Crippen molar-refractivity contribution in [1.82, 2.24) is 4.31 Å². The Bertz CT molecular complexity index is 876. The standard InChI is InChI=1S/C20H25NO6S/c1-16-3-8-19(20(15-16)24-2)27-14-13-26-17-4-6-18(7-5-17)28(22,23)21-9-11-25-12-10-21/h3-8,15H,9-14H2,1-2H3. The van der Waals surface area contributed by atoms with Gasteiger partial charge in [-0.15, -0.1) is 0 Å². The summed E-state index contributed by atoms with van der Waals surface area (Å²) in [5.41, 5.74) is 1.09. The van der Waals surface area contributed by atoms with Crippen molar-refractivity contribution in [1.29, 1.82) is 0 Å². The summed E-state index contributed by atoms with van der Waals surface area (Å²) in [7, 11) is -1.89. The first kappa shape index (κ1) is 20.4. The fourth-order valence-electron chi connectivity index (χ4n) is 2.85. The molecule has 152 valence electrons. The highest BCUT2D eigenvalue weighted by atomic mass is 32.2. The van der Waals surface area contributed by atoms with Crippen molar-refractivity contribution in [3.63, 3.8) is 0 Å². The Hall–Kier alpha value is -2.29. The molecule has 1 aliphatic rings. The Morgan fingerprint density at radius 3 is 2.32 bits per heavy atom. The second-order valence-electron chi connectivity index (χ2n) is 6.34. The van der Waals surface area contributed by atoms with E-state index in [0.717, 1.165) is 5.56 Å². The second kappa shape index (κ2) is 9.27. The van der Waals surface area contributed by atoms with Gasteiger partial charge in [-0.05, 0) is 48.9 Å². The topological polar surface area (TPSA) is 74.3 Å². The van der Waals surface area contributed by atoms with E-state index in [9.17, 15) is 8.42 Å². The zero-order valence-corrected chi connectivity index (χ0v) is 16.9. The molecule has 7 nitrogen and oxygen atoms in total. The molecule has 0 aromatic heterocycles. The third-order valence-electron chi connectivity index (χ3n) is 4.36. The van der Waals surface area contributed by atoms with Crippen molar-refractivity contribution in [2.75, 3.05) is 46.6 Å². The second-order valence-corrected chi connectivity index (χ2v) is 8.28. The Morgan fingerprint density at radius 1 is 0.964 bits per heavy atom. The number of aryl methyl sites for hydroxylation is 1. The van der Waals surface area contributed by atoms with Crippen LogP contribution in [0.15, 0.2) is 47.4 Å². The monoisotopic (exact) mass is 407 g/mol. The van der Waals surface area contributed by atoms with Gasteiger partial charge in [-0.1, -0.05) is 6.07 Å². The molecule has 0 atom stereocenters. The molecule has 0 radical (unpaired) electrons. The van der Waals surface area contributed by atoms with E-state index in [1.54, 1.807) is 31.4 Å². The minimum absolute atomic E-state index is 0.252. The molecule has 1 fully saturated rings. The SMILES string of the molecule is COc1cc(C)ccc1OCCOc1ccc(S(=O)(=O)N2CCOCC2)cc1. The van der Waals surface area contributed by atoms with Gasteiger partial charge in [0.05, 0.1) is 25.2 Å². The molecule has 0 bridgehead atoms. The minimum Gasteiger partial charge on any atom is -0.493 e. The predicted molar refractivity (Wildman–Crippen MR) is 105 cm³/mol. The van der Waals surface area contributed by atoms with Gasteiger partial charge in [0.25, 0.3) is 0 Å². The fourth-order valence-corrected chi connectivity index (χ4v) is 4.26. The molecule has 0 aliphatic carbocycles. The van der Waals surface area contributed by atoms with Gasteiger partial charge in [0.15, 0.2) is 11.5 Å². The predicted octanol–water partition coefficient (Wildman–Crippen LogP) is 2.48. The minimum atomic E-state index is -3.49. The number of nitrogens with zero attached hydrogens (tertiary/aromatic N) is 1. The van der Waals surface area contributed by atoms with Gasteiger partial charge in [-0.3, -0.25) is 0 Å². The summed E-state index contributed by atoms with van der Waals surface area (Å²) in [6, 6.07) is 12.1. The highest BCUT2D eigenvalue weighted by molar-refractivity contribution is 7.89. The number of rotatable bonds is 8. The van der Waals surface area contributed by atoms with Crippen LogP contribution in [-0.2, 0) is 14.8 Å². The van der Waals surface area contributed by atoms with E-state index >= 15 is 0 Å². The van der Waals surface area contributed by atoms with E-state index in [1.807, 2.05) is 25.1 Å². The Morgan fingerprint density at radius 2 is 1.64 bits per heavy atom. The summed E-state index contributed by atoms with van der Waals surface area (Å²) in [6.45, 7) is 4.25. The molecular formula is C20H25NO6S. The van der Waals surface area contributed by atoms with Crippen molar-refractivity contribution >= 4 is 10.0 Å². The lowest BCUT2D eigenvalue weighted by molar-refractivity contribution is 0.0730. The molecule has 28 heavy (non-hydrogen) atoms. The highest BCUT2D eigenvalue weighted by Gasteiger charge is 2.26. The number of methoxy groups -OCH3 is 1. The number of sulfonamides is 1. The van der Waals surface area contributed by atoms with E-state index in [0.29, 0.717) is 56.8 Å². The maximum atomic E-state index is 12.6. The van der Waals surface area contributed by atoms with Gasteiger partial charge in [0.1, 0.15) is 19.0 Å². The van der Waals surface area contributed by atoms with Crippen LogP contribution < -0.4 is 14.2 Å². The zero-order chi connectivity index (χ0) is 20.0. The Balaban J connectivity index is 1.52. The lowest BCUT2D eigenvalue weighted by Gasteiger charge is -2.26. The van der Waals surface area contributed by atoms with Gasteiger partial charge in [-0.25, -0.2) is 8.42 Å². The van der Waals surface area contributed by atoms with Crippen LogP contribution in [0.5, 0.6) is 17.2 Å². The van der Waals surface area contributed by atoms with Crippen LogP contribution in [0.4, 0.5) is 0 Å². The van der Waals surface area contributed by atoms with Crippen molar-refractivity contribution in [3.05, 3.63) is 48.0 Å². The van der Waals surface area contributed by atoms with Gasteiger partial charge < -0.3 is 18.9 Å². The molecular weight excluding hydrogens is 382 g/mol. The number of morpholine rings is 1. The number of hydrogen-bond acceptors (Lipinski definition) is 6. The molecule has 1 aliphatic heterocycles. The first-order valence-corrected chi connectivity index (χ1v) is 10.5. The first-order chi connectivity index (χ1) is 13.5. The molecule has 8 heteroatoms. The Labute approximate surface area is 165 Å². The third kappa shape index (κ3) is 4.95. The van der Waals surface area contributed by atoms with Crippen LogP contribution in [-0.4, -0.2) is 59.3 Å². The van der Waals surface area contributed by atoms with Crippen LogP contribution >= 0.6 is 0 Å². The summed E-state index contributed by atoms with van der Waals surface area (Å²) in [5.74, 6) is 1.92. The molecule has 0 amide bonds. The van der Waals surface area contributed by atoms with Crippen molar-refractivity contribution in [2.45, 2.75) is 11.8 Å². The average molecular weight is 407 g/mol. The molecule has 0 spiro atoms. The van der Waals surface area contributed by atoms with Gasteiger partial charge >= 0.3 is 0 Å². The molecule has 0 unspecified atom stereocenters. The summed E-state index contributed by atoms with van der Waals surface area (Å²) in [6.07, 6.45) is 0. The van der Waals surface area contributed by atoms with Crippen LogP contribution in [0.3, 0.4) is 0 Å². The quantitative estimate of drug-likeness (QED) is 0.626. The third-order valence-corrected chi connectivity index (χ3v) is 6.27. The molecule has 0 N–H and O–H groups in total. The summed E-state index contributed by atoms with van der Waals surface area (Å²) < 4.78 is 48.5. The maximum absolute atomic E-state index is 12.6. The average Bonchev–Trinajstić information content (AvgIpc) is 2.73. The zero-order valence-electron chi connectivity index (χ0n) is 16.1. The number of hydrogen-bond donors (Lipinski definition) is 0. The van der Waals surface area contributed by atoms with Crippen LogP contribution in [0, 0.1) is 6.92 Å². The van der Waals surface area contributed by atoms with Gasteiger partial charge in [-0.2, -0.15) is 4.31 Å². The number of benzene rings is 2. The highest BCUT2D eigenvalue weighted by Crippen LogP contribution is 2.27. The smallest absolute Gasteiger partial charge is 0.243 e. The maximum Gasteiger partial charge on any atom is 0.243 e. The summed E-state index contributed by atoms with van der Waals surface area (Å²) >= 11 is 0. The normalized spacial score (nSPS) is 15.2. The van der Waals surface area contributed by atoms with E-state index in [1.165, 1.54) is 4.31 Å². The van der Waals surface area contributed by atoms with E-state index in [-0.39, 0.29) is 4.90 Å². The lowest BCUT2D eigenvalue weighted by atomic mass is 10.2. The Kier molecular flexibility index (Phi) is 6.77. The lowest BCUT2D eigenvalue weighted by Crippen LogP contribution is -2.40. The summed E-state index contributed by atoms with van der Waals surface area (Å²) in [5, 5.41) is 0. The van der Waals surface area contributed by atoms with Crippen LogP contribution in [0.2, 0.25) is 0 Å². The van der Waals surface area contributed by atoms with E-state index < -0.39 is 10.0 Å². The number of ether oxygens (including phenoxy) is 4. The first-order valence-electron chi connectivity index (χ1n) is 9.09.